The van der Waals surface area contributed by atoms with Crippen molar-refractivity contribution >= 4 is 21.4 Å². The maximum atomic E-state index is 11.3. The number of hydrogen-bond donors (Lipinski definition) is 2. The Bertz CT molecular complexity index is 642. The largest absolute Gasteiger partial charge is 0.379 e. The van der Waals surface area contributed by atoms with E-state index in [-0.39, 0.29) is 0 Å². The molecule has 19 heavy (non-hydrogen) atoms. The first-order valence-electron chi connectivity index (χ1n) is 5.74. The van der Waals surface area contributed by atoms with Crippen molar-refractivity contribution in [2.24, 2.45) is 0 Å². The lowest BCUT2D eigenvalue weighted by molar-refractivity contribution is 0.607. The van der Waals surface area contributed by atoms with Gasteiger partial charge in [-0.25, -0.2) is 8.42 Å². The second-order valence-electron chi connectivity index (χ2n) is 4.13. The molecule has 0 aliphatic heterocycles. The fourth-order valence-electron chi connectivity index (χ4n) is 1.62. The van der Waals surface area contributed by atoms with Crippen LogP contribution in [0.5, 0.6) is 0 Å². The Morgan fingerprint density at radius 1 is 1.05 bits per heavy atom. The van der Waals surface area contributed by atoms with Gasteiger partial charge in [-0.2, -0.15) is 0 Å². The number of sulfonamides is 1. The van der Waals surface area contributed by atoms with Crippen LogP contribution in [-0.2, 0) is 16.6 Å². The third-order valence-corrected chi connectivity index (χ3v) is 3.05. The molecule has 0 unspecified atom stereocenters. The second-order valence-corrected chi connectivity index (χ2v) is 5.88. The molecule has 0 amide bonds. The summed E-state index contributed by atoms with van der Waals surface area (Å²) in [6, 6.07) is 11.0. The second kappa shape index (κ2) is 5.71. The molecule has 0 saturated carbocycles. The molecule has 2 aromatic rings. The number of aromatic nitrogens is 1. The summed E-state index contributed by atoms with van der Waals surface area (Å²) in [5.74, 6) is 0. The minimum atomic E-state index is -3.28. The van der Waals surface area contributed by atoms with Crippen molar-refractivity contribution in [3.05, 3.63) is 54.4 Å². The van der Waals surface area contributed by atoms with Crippen LogP contribution in [0.25, 0.3) is 0 Å². The lowest BCUT2D eigenvalue weighted by atomic mass is 10.2. The highest BCUT2D eigenvalue weighted by atomic mass is 32.2. The van der Waals surface area contributed by atoms with Crippen molar-refractivity contribution in [3.63, 3.8) is 0 Å². The van der Waals surface area contributed by atoms with Gasteiger partial charge in [0.15, 0.2) is 0 Å². The Hall–Kier alpha value is -2.08. The first-order valence-corrected chi connectivity index (χ1v) is 7.63. The molecule has 2 rings (SSSR count). The van der Waals surface area contributed by atoms with Crippen molar-refractivity contribution < 1.29 is 8.42 Å². The van der Waals surface area contributed by atoms with Gasteiger partial charge in [-0.05, 0) is 29.8 Å². The van der Waals surface area contributed by atoms with Crippen LogP contribution in [0, 0.1) is 0 Å². The fraction of sp³-hybridized carbons (Fsp3) is 0.154. The highest BCUT2D eigenvalue weighted by Crippen LogP contribution is 2.22. The van der Waals surface area contributed by atoms with E-state index in [9.17, 15) is 8.42 Å². The van der Waals surface area contributed by atoms with E-state index in [4.69, 9.17) is 0 Å². The number of rotatable bonds is 5. The Kier molecular flexibility index (Phi) is 4.01. The molecule has 1 heterocycles. The maximum Gasteiger partial charge on any atom is 0.229 e. The predicted molar refractivity (Wildman–Crippen MR) is 76.5 cm³/mol. The summed E-state index contributed by atoms with van der Waals surface area (Å²) in [5, 5.41) is 3.20. The van der Waals surface area contributed by atoms with Gasteiger partial charge in [0, 0.05) is 18.9 Å². The minimum Gasteiger partial charge on any atom is -0.379 e. The van der Waals surface area contributed by atoms with Crippen LogP contribution >= 0.6 is 0 Å². The van der Waals surface area contributed by atoms with E-state index in [1.165, 1.54) is 0 Å². The normalized spacial score (nSPS) is 11.0. The van der Waals surface area contributed by atoms with Crippen molar-refractivity contribution in [1.82, 2.24) is 4.98 Å². The van der Waals surface area contributed by atoms with Crippen LogP contribution in [0.3, 0.4) is 0 Å². The first-order chi connectivity index (χ1) is 9.04. The van der Waals surface area contributed by atoms with Crippen LogP contribution < -0.4 is 10.0 Å². The van der Waals surface area contributed by atoms with Crippen molar-refractivity contribution in [2.45, 2.75) is 6.54 Å². The SMILES string of the molecule is CS(=O)(=O)Nc1ccccc1NCc1ccncc1. The summed E-state index contributed by atoms with van der Waals surface area (Å²) in [4.78, 5) is 3.95. The number of anilines is 2. The van der Waals surface area contributed by atoms with Gasteiger partial charge in [-0.15, -0.1) is 0 Å². The Balaban J connectivity index is 2.12. The number of pyridine rings is 1. The molecule has 0 aliphatic carbocycles. The molecule has 0 bridgehead atoms. The van der Waals surface area contributed by atoms with E-state index >= 15 is 0 Å². The Labute approximate surface area is 112 Å². The zero-order valence-corrected chi connectivity index (χ0v) is 11.3. The number of hydrogen-bond acceptors (Lipinski definition) is 4. The lowest BCUT2D eigenvalue weighted by Gasteiger charge is -2.12. The highest BCUT2D eigenvalue weighted by molar-refractivity contribution is 7.92. The van der Waals surface area contributed by atoms with E-state index < -0.39 is 10.0 Å². The predicted octanol–water partition coefficient (Wildman–Crippen LogP) is 2.07. The molecule has 0 saturated heterocycles. The standard InChI is InChI=1S/C13H15N3O2S/c1-19(17,18)16-13-5-3-2-4-12(13)15-10-11-6-8-14-9-7-11/h2-9,15-16H,10H2,1H3. The monoisotopic (exact) mass is 277 g/mol. The van der Waals surface area contributed by atoms with Crippen LogP contribution in [0.15, 0.2) is 48.8 Å². The Morgan fingerprint density at radius 2 is 1.68 bits per heavy atom. The third-order valence-electron chi connectivity index (χ3n) is 2.45. The van der Waals surface area contributed by atoms with Crippen LogP contribution in [0.1, 0.15) is 5.56 Å². The molecule has 0 aliphatic rings. The molecular formula is C13H15N3O2S. The van der Waals surface area contributed by atoms with E-state index in [0.717, 1.165) is 17.5 Å². The van der Waals surface area contributed by atoms with Gasteiger partial charge in [0.25, 0.3) is 0 Å². The third kappa shape index (κ3) is 4.26. The summed E-state index contributed by atoms with van der Waals surface area (Å²) in [6.07, 6.45) is 4.57. The molecule has 0 fully saturated rings. The van der Waals surface area contributed by atoms with E-state index in [0.29, 0.717) is 12.2 Å². The van der Waals surface area contributed by atoms with Crippen molar-refractivity contribution in [1.29, 1.82) is 0 Å². The summed E-state index contributed by atoms with van der Waals surface area (Å²) in [7, 11) is -3.28. The minimum absolute atomic E-state index is 0.541. The smallest absolute Gasteiger partial charge is 0.229 e. The summed E-state index contributed by atoms with van der Waals surface area (Å²) >= 11 is 0. The zero-order chi connectivity index (χ0) is 13.7. The first kappa shape index (κ1) is 13.4. The van der Waals surface area contributed by atoms with Crippen LogP contribution in [-0.4, -0.2) is 19.7 Å². The van der Waals surface area contributed by atoms with Gasteiger partial charge in [-0.3, -0.25) is 9.71 Å². The van der Waals surface area contributed by atoms with E-state index in [1.807, 2.05) is 24.3 Å². The average molecular weight is 277 g/mol. The van der Waals surface area contributed by atoms with Gasteiger partial charge >= 0.3 is 0 Å². The molecule has 0 radical (unpaired) electrons. The van der Waals surface area contributed by atoms with Crippen LogP contribution in [0.4, 0.5) is 11.4 Å². The van der Waals surface area contributed by atoms with Crippen LogP contribution in [0.2, 0.25) is 0 Å². The quantitative estimate of drug-likeness (QED) is 0.877. The van der Waals surface area contributed by atoms with Gasteiger partial charge in [0.2, 0.25) is 10.0 Å². The van der Waals surface area contributed by atoms with E-state index in [2.05, 4.69) is 15.0 Å². The molecule has 1 aromatic carbocycles. The Morgan fingerprint density at radius 3 is 2.32 bits per heavy atom. The molecule has 0 atom stereocenters. The highest BCUT2D eigenvalue weighted by Gasteiger charge is 2.06. The molecular weight excluding hydrogens is 262 g/mol. The number of benzene rings is 1. The average Bonchev–Trinajstić information content (AvgIpc) is 2.37. The molecule has 6 heteroatoms. The number of nitrogens with one attached hydrogen (secondary N) is 2. The molecule has 0 spiro atoms. The van der Waals surface area contributed by atoms with Crippen molar-refractivity contribution in [3.8, 4) is 0 Å². The van der Waals surface area contributed by atoms with Gasteiger partial charge < -0.3 is 5.32 Å². The maximum absolute atomic E-state index is 11.3. The number of para-hydroxylation sites is 2. The summed E-state index contributed by atoms with van der Waals surface area (Å²) < 4.78 is 25.0. The summed E-state index contributed by atoms with van der Waals surface area (Å²) in [6.45, 7) is 0.602. The molecule has 2 N–H and O–H groups in total. The molecule has 1 aromatic heterocycles. The topological polar surface area (TPSA) is 71.1 Å². The lowest BCUT2D eigenvalue weighted by Crippen LogP contribution is -2.11. The van der Waals surface area contributed by atoms with Crippen molar-refractivity contribution in [2.75, 3.05) is 16.3 Å². The van der Waals surface area contributed by atoms with Gasteiger partial charge in [0.1, 0.15) is 0 Å². The number of nitrogens with zero attached hydrogens (tertiary/aromatic N) is 1. The molecule has 100 valence electrons. The fourth-order valence-corrected chi connectivity index (χ4v) is 2.20. The summed E-state index contributed by atoms with van der Waals surface area (Å²) in [5.41, 5.74) is 2.35. The van der Waals surface area contributed by atoms with E-state index in [1.54, 1.807) is 24.5 Å². The molecule has 5 nitrogen and oxygen atoms in total. The van der Waals surface area contributed by atoms with Gasteiger partial charge in [0.05, 0.1) is 17.6 Å². The zero-order valence-electron chi connectivity index (χ0n) is 10.5. The van der Waals surface area contributed by atoms with Gasteiger partial charge in [-0.1, -0.05) is 12.1 Å².